The summed E-state index contributed by atoms with van der Waals surface area (Å²) in [5.41, 5.74) is 0.102. The van der Waals surface area contributed by atoms with Crippen LogP contribution in [0.1, 0.15) is 6.92 Å². The van der Waals surface area contributed by atoms with Gasteiger partial charge in [-0.1, -0.05) is 0 Å². The number of hydrogen-bond donors (Lipinski definition) is 1. The van der Waals surface area contributed by atoms with E-state index >= 15 is 0 Å². The third-order valence-electron chi connectivity index (χ3n) is 1.16. The van der Waals surface area contributed by atoms with Gasteiger partial charge in [0.2, 0.25) is 0 Å². The molecule has 0 saturated heterocycles. The fourth-order valence-electron chi connectivity index (χ4n) is 0.589. The van der Waals surface area contributed by atoms with Crippen LogP contribution in [0.15, 0.2) is 16.9 Å². The average molecular weight is 141 g/mol. The fourth-order valence-corrected chi connectivity index (χ4v) is 0.589. The molecule has 0 aromatic heterocycles. The number of rotatable bonds is 1. The molecule has 0 atom stereocenters. The van der Waals surface area contributed by atoms with Gasteiger partial charge in [-0.25, -0.2) is 0 Å². The van der Waals surface area contributed by atoms with E-state index in [9.17, 15) is 10.1 Å². The Hall–Kier alpha value is -1.39. The molecule has 0 radical (unpaired) electrons. The molecule has 0 aliphatic carbocycles. The van der Waals surface area contributed by atoms with Gasteiger partial charge in [-0.2, -0.15) is 0 Å². The van der Waals surface area contributed by atoms with Gasteiger partial charge in [0, 0.05) is 0 Å². The molecule has 0 saturated carbocycles. The quantitative estimate of drug-likeness (QED) is 0.416. The Bertz CT molecular complexity index is 219. The summed E-state index contributed by atoms with van der Waals surface area (Å²) in [7, 11) is 0. The topological polar surface area (TPSA) is 67.5 Å². The van der Waals surface area contributed by atoms with E-state index < -0.39 is 4.92 Å². The summed E-state index contributed by atoms with van der Waals surface area (Å²) in [6.45, 7) is 1.93. The maximum Gasteiger partial charge on any atom is 0.283 e. The zero-order valence-electron chi connectivity index (χ0n) is 5.50. The van der Waals surface area contributed by atoms with Crippen molar-refractivity contribution in [3.63, 3.8) is 0 Å². The Morgan fingerprint density at radius 1 is 1.90 bits per heavy atom. The van der Waals surface area contributed by atoms with E-state index in [1.165, 1.54) is 6.20 Å². The van der Waals surface area contributed by atoms with Crippen LogP contribution in [0.2, 0.25) is 0 Å². The Labute approximate surface area is 57.6 Å². The first kappa shape index (κ1) is 6.73. The number of nitrogens with one attached hydrogen (secondary N) is 1. The Morgan fingerprint density at radius 2 is 2.60 bits per heavy atom. The second-order valence-corrected chi connectivity index (χ2v) is 1.94. The second kappa shape index (κ2) is 2.47. The van der Waals surface area contributed by atoms with Crippen molar-refractivity contribution >= 4 is 5.84 Å². The van der Waals surface area contributed by atoms with Crippen molar-refractivity contribution in [1.82, 2.24) is 5.32 Å². The van der Waals surface area contributed by atoms with Crippen molar-refractivity contribution in [2.75, 3.05) is 6.54 Å². The Kier molecular flexibility index (Phi) is 1.66. The van der Waals surface area contributed by atoms with Crippen LogP contribution < -0.4 is 5.32 Å². The molecule has 1 aliphatic heterocycles. The molecule has 0 spiro atoms. The van der Waals surface area contributed by atoms with Crippen molar-refractivity contribution in [2.24, 2.45) is 4.99 Å². The van der Waals surface area contributed by atoms with Crippen LogP contribution in [0, 0.1) is 10.1 Å². The van der Waals surface area contributed by atoms with Gasteiger partial charge < -0.3 is 5.32 Å². The van der Waals surface area contributed by atoms with Crippen molar-refractivity contribution in [3.8, 4) is 0 Å². The maximum absolute atomic E-state index is 10.1. The molecule has 0 aromatic rings. The zero-order chi connectivity index (χ0) is 7.56. The molecule has 5 heteroatoms. The lowest BCUT2D eigenvalue weighted by molar-refractivity contribution is -0.425. The van der Waals surface area contributed by atoms with Crippen LogP contribution >= 0.6 is 0 Å². The predicted molar refractivity (Wildman–Crippen MR) is 36.2 cm³/mol. The van der Waals surface area contributed by atoms with Gasteiger partial charge in [0.1, 0.15) is 6.54 Å². The highest BCUT2D eigenvalue weighted by molar-refractivity contribution is 5.81. The number of hydrogen-bond acceptors (Lipinski definition) is 4. The van der Waals surface area contributed by atoms with E-state index in [1.54, 1.807) is 6.92 Å². The monoisotopic (exact) mass is 141 g/mol. The third-order valence-corrected chi connectivity index (χ3v) is 1.16. The lowest BCUT2D eigenvalue weighted by Gasteiger charge is -2.04. The molecular formula is C5H7N3O2. The number of nitrogens with zero attached hydrogens (tertiary/aromatic N) is 2. The summed E-state index contributed by atoms with van der Waals surface area (Å²) >= 11 is 0. The fraction of sp³-hybridized carbons (Fsp3) is 0.400. The largest absolute Gasteiger partial charge is 0.345 e. The minimum atomic E-state index is -0.442. The van der Waals surface area contributed by atoms with E-state index in [4.69, 9.17) is 0 Å². The van der Waals surface area contributed by atoms with Gasteiger partial charge in [0.05, 0.1) is 17.0 Å². The first-order valence-corrected chi connectivity index (χ1v) is 2.81. The second-order valence-electron chi connectivity index (χ2n) is 1.94. The highest BCUT2D eigenvalue weighted by Gasteiger charge is 2.12. The molecular weight excluding hydrogens is 134 g/mol. The average Bonchev–Trinajstić information content (AvgIpc) is 1.88. The molecule has 0 aromatic carbocycles. The Balaban J connectivity index is 2.62. The normalized spacial score (nSPS) is 16.9. The van der Waals surface area contributed by atoms with Crippen molar-refractivity contribution < 1.29 is 4.92 Å². The van der Waals surface area contributed by atoms with Crippen LogP contribution in [0.3, 0.4) is 0 Å². The molecule has 1 rings (SSSR count). The first-order chi connectivity index (χ1) is 4.70. The van der Waals surface area contributed by atoms with E-state index in [-0.39, 0.29) is 12.2 Å². The first-order valence-electron chi connectivity index (χ1n) is 2.81. The summed E-state index contributed by atoms with van der Waals surface area (Å²) in [5, 5.41) is 12.7. The van der Waals surface area contributed by atoms with Crippen molar-refractivity contribution in [2.45, 2.75) is 6.92 Å². The van der Waals surface area contributed by atoms with Crippen LogP contribution in [0.5, 0.6) is 0 Å². The summed E-state index contributed by atoms with van der Waals surface area (Å²) in [5.74, 6) is 0.714. The SMILES string of the molecule is CC1=NCC([N+](=O)[O-])=CN1. The summed E-state index contributed by atoms with van der Waals surface area (Å²) in [6.07, 6.45) is 1.36. The van der Waals surface area contributed by atoms with Crippen LogP contribution in [-0.2, 0) is 0 Å². The maximum atomic E-state index is 10.1. The predicted octanol–water partition coefficient (Wildman–Crippen LogP) is 0.126. The number of amidine groups is 1. The molecule has 0 fully saturated rings. The minimum Gasteiger partial charge on any atom is -0.345 e. The molecule has 1 aliphatic rings. The summed E-state index contributed by atoms with van der Waals surface area (Å²) in [6, 6.07) is 0. The van der Waals surface area contributed by atoms with E-state index in [0.29, 0.717) is 5.84 Å². The highest BCUT2D eigenvalue weighted by atomic mass is 16.6. The third kappa shape index (κ3) is 1.31. The van der Waals surface area contributed by atoms with Gasteiger partial charge in [-0.3, -0.25) is 15.1 Å². The molecule has 0 unspecified atom stereocenters. The molecule has 1 N–H and O–H groups in total. The molecule has 54 valence electrons. The molecule has 5 nitrogen and oxygen atoms in total. The molecule has 10 heavy (non-hydrogen) atoms. The van der Waals surface area contributed by atoms with Gasteiger partial charge in [0.15, 0.2) is 0 Å². The van der Waals surface area contributed by atoms with E-state index in [2.05, 4.69) is 10.3 Å². The lowest BCUT2D eigenvalue weighted by Crippen LogP contribution is -2.22. The molecule has 0 bridgehead atoms. The van der Waals surface area contributed by atoms with E-state index in [1.807, 2.05) is 0 Å². The number of nitro groups is 1. The van der Waals surface area contributed by atoms with Crippen LogP contribution in [0.4, 0.5) is 0 Å². The van der Waals surface area contributed by atoms with E-state index in [0.717, 1.165) is 0 Å². The minimum absolute atomic E-state index is 0.102. The molecule has 1 heterocycles. The highest BCUT2D eigenvalue weighted by Crippen LogP contribution is 1.98. The zero-order valence-corrected chi connectivity index (χ0v) is 5.50. The standard InChI is InChI=1S/C5H7N3O2/c1-4-6-2-5(3-7-4)8(9)10/h2H,3H2,1H3,(H,6,7). The van der Waals surface area contributed by atoms with Crippen LogP contribution in [0.25, 0.3) is 0 Å². The van der Waals surface area contributed by atoms with Crippen molar-refractivity contribution in [3.05, 3.63) is 22.0 Å². The Morgan fingerprint density at radius 3 is 3.00 bits per heavy atom. The summed E-state index contributed by atoms with van der Waals surface area (Å²) in [4.78, 5) is 13.5. The molecule has 0 amide bonds. The van der Waals surface area contributed by atoms with Gasteiger partial charge in [0.25, 0.3) is 5.70 Å². The van der Waals surface area contributed by atoms with Gasteiger partial charge >= 0.3 is 0 Å². The van der Waals surface area contributed by atoms with Crippen LogP contribution in [-0.4, -0.2) is 17.3 Å². The van der Waals surface area contributed by atoms with Gasteiger partial charge in [-0.15, -0.1) is 0 Å². The smallest absolute Gasteiger partial charge is 0.283 e. The number of aliphatic imine (C=N–C) groups is 1. The van der Waals surface area contributed by atoms with Crippen molar-refractivity contribution in [1.29, 1.82) is 0 Å². The van der Waals surface area contributed by atoms with Gasteiger partial charge in [-0.05, 0) is 6.92 Å². The lowest BCUT2D eigenvalue weighted by atomic mass is 10.4. The summed E-state index contributed by atoms with van der Waals surface area (Å²) < 4.78 is 0.